The maximum atomic E-state index is 12.3. The first-order valence-corrected chi connectivity index (χ1v) is 9.18. The minimum Gasteiger partial charge on any atom is -0.484 e. The van der Waals surface area contributed by atoms with Gasteiger partial charge in [0.1, 0.15) is 5.75 Å². The van der Waals surface area contributed by atoms with Crippen LogP contribution in [0.15, 0.2) is 48.5 Å². The van der Waals surface area contributed by atoms with Crippen LogP contribution < -0.4 is 10.1 Å². The van der Waals surface area contributed by atoms with Crippen molar-refractivity contribution in [3.8, 4) is 5.75 Å². The number of ether oxygens (including phenoxy) is 2. The normalized spacial score (nSPS) is 16.1. The Kier molecular flexibility index (Phi) is 5.94. The lowest BCUT2D eigenvalue weighted by atomic mass is 9.74. The lowest BCUT2D eigenvalue weighted by Gasteiger charge is -2.38. The largest absolute Gasteiger partial charge is 0.484 e. The van der Waals surface area contributed by atoms with Crippen LogP contribution in [-0.2, 0) is 14.9 Å². The zero-order valence-electron chi connectivity index (χ0n) is 15.6. The van der Waals surface area contributed by atoms with Gasteiger partial charge in [0.25, 0.3) is 5.91 Å². The molecule has 4 heteroatoms. The molecule has 26 heavy (non-hydrogen) atoms. The van der Waals surface area contributed by atoms with Gasteiger partial charge in [0.2, 0.25) is 0 Å². The van der Waals surface area contributed by atoms with Crippen molar-refractivity contribution in [3.63, 3.8) is 0 Å². The van der Waals surface area contributed by atoms with E-state index in [0.29, 0.717) is 12.3 Å². The first-order valence-electron chi connectivity index (χ1n) is 9.18. The van der Waals surface area contributed by atoms with Crippen molar-refractivity contribution in [2.45, 2.75) is 32.1 Å². The second kappa shape index (κ2) is 8.37. The summed E-state index contributed by atoms with van der Waals surface area (Å²) in [4.78, 5) is 12.3. The predicted octanol–water partition coefficient (Wildman–Crippen LogP) is 3.55. The lowest BCUT2D eigenvalue weighted by Crippen LogP contribution is -2.45. The zero-order chi connectivity index (χ0) is 18.4. The van der Waals surface area contributed by atoms with Crippen LogP contribution in [0.2, 0.25) is 0 Å². The first-order chi connectivity index (χ1) is 12.6. The summed E-state index contributed by atoms with van der Waals surface area (Å²) in [5.74, 6) is 0.619. The fourth-order valence-corrected chi connectivity index (χ4v) is 3.34. The Labute approximate surface area is 155 Å². The molecule has 1 N–H and O–H groups in total. The number of amides is 1. The summed E-state index contributed by atoms with van der Waals surface area (Å²) < 4.78 is 11.1. The fraction of sp³-hybridized carbons (Fsp3) is 0.409. The number of carbonyl (C=O) groups is 1. The summed E-state index contributed by atoms with van der Waals surface area (Å²) in [6.07, 6.45) is 1.82. The van der Waals surface area contributed by atoms with Gasteiger partial charge >= 0.3 is 0 Å². The third kappa shape index (κ3) is 4.64. The van der Waals surface area contributed by atoms with E-state index in [-0.39, 0.29) is 17.9 Å². The predicted molar refractivity (Wildman–Crippen MR) is 103 cm³/mol. The Morgan fingerprint density at radius 2 is 1.58 bits per heavy atom. The summed E-state index contributed by atoms with van der Waals surface area (Å²) in [5, 5.41) is 3.07. The smallest absolute Gasteiger partial charge is 0.257 e. The topological polar surface area (TPSA) is 47.6 Å². The van der Waals surface area contributed by atoms with Gasteiger partial charge in [-0.15, -0.1) is 0 Å². The molecule has 0 atom stereocenters. The SMILES string of the molecule is Cc1ccc(OCC(=O)NCC2(c3ccc(C)cc3)CCOCC2)cc1. The Bertz CT molecular complexity index is 716. The molecule has 0 saturated carbocycles. The van der Waals surface area contributed by atoms with E-state index in [0.717, 1.165) is 26.1 Å². The number of aryl methyl sites for hydroxylation is 2. The van der Waals surface area contributed by atoms with Crippen LogP contribution in [0.3, 0.4) is 0 Å². The molecule has 0 aromatic heterocycles. The highest BCUT2D eigenvalue weighted by molar-refractivity contribution is 5.77. The molecule has 1 saturated heterocycles. The van der Waals surface area contributed by atoms with Crippen LogP contribution in [0.1, 0.15) is 29.5 Å². The van der Waals surface area contributed by atoms with Gasteiger partial charge in [0, 0.05) is 25.2 Å². The molecule has 0 aliphatic carbocycles. The molecule has 0 spiro atoms. The van der Waals surface area contributed by atoms with Gasteiger partial charge in [0.15, 0.2) is 6.61 Å². The molecule has 1 amide bonds. The quantitative estimate of drug-likeness (QED) is 0.864. The number of hydrogen-bond donors (Lipinski definition) is 1. The molecule has 1 heterocycles. The maximum Gasteiger partial charge on any atom is 0.257 e. The Hall–Kier alpha value is -2.33. The van der Waals surface area contributed by atoms with Gasteiger partial charge in [-0.05, 0) is 44.4 Å². The average molecular weight is 353 g/mol. The van der Waals surface area contributed by atoms with Gasteiger partial charge in [0.05, 0.1) is 0 Å². The van der Waals surface area contributed by atoms with Gasteiger partial charge < -0.3 is 14.8 Å². The van der Waals surface area contributed by atoms with E-state index in [9.17, 15) is 4.79 Å². The summed E-state index contributed by atoms with van der Waals surface area (Å²) in [5.41, 5.74) is 3.62. The van der Waals surface area contributed by atoms with E-state index in [1.807, 2.05) is 31.2 Å². The van der Waals surface area contributed by atoms with Crippen molar-refractivity contribution in [1.82, 2.24) is 5.32 Å². The number of benzene rings is 2. The molecule has 138 valence electrons. The maximum absolute atomic E-state index is 12.3. The van der Waals surface area contributed by atoms with Crippen LogP contribution in [-0.4, -0.2) is 32.3 Å². The van der Waals surface area contributed by atoms with Crippen LogP contribution in [0, 0.1) is 13.8 Å². The average Bonchev–Trinajstić information content (AvgIpc) is 2.67. The van der Waals surface area contributed by atoms with Gasteiger partial charge in [-0.1, -0.05) is 47.5 Å². The summed E-state index contributed by atoms with van der Waals surface area (Å²) >= 11 is 0. The van der Waals surface area contributed by atoms with Crippen LogP contribution >= 0.6 is 0 Å². The summed E-state index contributed by atoms with van der Waals surface area (Å²) in [7, 11) is 0. The second-order valence-corrected chi connectivity index (χ2v) is 7.14. The van der Waals surface area contributed by atoms with Crippen molar-refractivity contribution in [3.05, 3.63) is 65.2 Å². The molecular formula is C22H27NO3. The molecule has 1 aliphatic heterocycles. The standard InChI is InChI=1S/C22H27NO3/c1-17-3-7-19(8-4-17)22(11-13-25-14-12-22)16-23-21(24)15-26-20-9-5-18(2)6-10-20/h3-10H,11-16H2,1-2H3,(H,23,24). The Balaban J connectivity index is 1.59. The van der Waals surface area contributed by atoms with E-state index in [1.165, 1.54) is 16.7 Å². The lowest BCUT2D eigenvalue weighted by molar-refractivity contribution is -0.123. The third-order valence-electron chi connectivity index (χ3n) is 5.13. The first kappa shape index (κ1) is 18.5. The van der Waals surface area contributed by atoms with E-state index >= 15 is 0 Å². The molecule has 0 radical (unpaired) electrons. The van der Waals surface area contributed by atoms with Crippen LogP contribution in [0.25, 0.3) is 0 Å². The number of nitrogens with one attached hydrogen (secondary N) is 1. The molecule has 3 rings (SSSR count). The molecule has 2 aromatic carbocycles. The van der Waals surface area contributed by atoms with Crippen molar-refractivity contribution in [2.24, 2.45) is 0 Å². The highest BCUT2D eigenvalue weighted by Gasteiger charge is 2.34. The molecular weight excluding hydrogens is 326 g/mol. The van der Waals surface area contributed by atoms with Gasteiger partial charge in [-0.2, -0.15) is 0 Å². The highest BCUT2D eigenvalue weighted by Crippen LogP contribution is 2.34. The highest BCUT2D eigenvalue weighted by atomic mass is 16.5. The summed E-state index contributed by atoms with van der Waals surface area (Å²) in [6, 6.07) is 16.3. The van der Waals surface area contributed by atoms with Crippen LogP contribution in [0.5, 0.6) is 5.75 Å². The van der Waals surface area contributed by atoms with Gasteiger partial charge in [-0.3, -0.25) is 4.79 Å². The minimum absolute atomic E-state index is 0.0313. The third-order valence-corrected chi connectivity index (χ3v) is 5.13. The molecule has 1 aliphatic rings. The minimum atomic E-state index is -0.0939. The number of rotatable bonds is 6. The van der Waals surface area contributed by atoms with Gasteiger partial charge in [-0.25, -0.2) is 0 Å². The van der Waals surface area contributed by atoms with E-state index in [1.54, 1.807) is 0 Å². The molecule has 4 nitrogen and oxygen atoms in total. The van der Waals surface area contributed by atoms with Crippen molar-refractivity contribution < 1.29 is 14.3 Å². The molecule has 2 aromatic rings. The number of carbonyl (C=O) groups excluding carboxylic acids is 1. The fourth-order valence-electron chi connectivity index (χ4n) is 3.34. The molecule has 1 fully saturated rings. The summed E-state index contributed by atoms with van der Waals surface area (Å²) in [6.45, 7) is 6.20. The van der Waals surface area contributed by atoms with E-state index in [4.69, 9.17) is 9.47 Å². The Morgan fingerprint density at radius 3 is 2.19 bits per heavy atom. The van der Waals surface area contributed by atoms with Crippen molar-refractivity contribution in [1.29, 1.82) is 0 Å². The van der Waals surface area contributed by atoms with Crippen LogP contribution in [0.4, 0.5) is 0 Å². The zero-order valence-corrected chi connectivity index (χ0v) is 15.6. The molecule has 0 unspecified atom stereocenters. The van der Waals surface area contributed by atoms with E-state index in [2.05, 4.69) is 36.5 Å². The second-order valence-electron chi connectivity index (χ2n) is 7.14. The monoisotopic (exact) mass is 353 g/mol. The molecule has 0 bridgehead atoms. The Morgan fingerprint density at radius 1 is 1.00 bits per heavy atom. The van der Waals surface area contributed by atoms with E-state index < -0.39 is 0 Å². The number of hydrogen-bond acceptors (Lipinski definition) is 3. The van der Waals surface area contributed by atoms with Crippen molar-refractivity contribution in [2.75, 3.05) is 26.4 Å². The van der Waals surface area contributed by atoms with Crippen molar-refractivity contribution >= 4 is 5.91 Å².